The van der Waals surface area contributed by atoms with E-state index in [0.29, 0.717) is 29.3 Å². The van der Waals surface area contributed by atoms with Crippen LogP contribution in [0.1, 0.15) is 24.0 Å². The molecule has 3 aliphatic rings. The summed E-state index contributed by atoms with van der Waals surface area (Å²) in [5.41, 5.74) is -0.736. The molecule has 0 aliphatic carbocycles. The summed E-state index contributed by atoms with van der Waals surface area (Å²) in [4.78, 5) is 43.9. The molecule has 1 spiro atoms. The van der Waals surface area contributed by atoms with Crippen molar-refractivity contribution in [3.05, 3.63) is 82.9 Å². The van der Waals surface area contributed by atoms with Gasteiger partial charge in [-0.1, -0.05) is 35.9 Å². The first kappa shape index (κ1) is 22.4. The average Bonchev–Trinajstić information content (AvgIpc) is 3.49. The Balaban J connectivity index is 1.79. The minimum atomic E-state index is -1.80. The Morgan fingerprint density at radius 3 is 2.59 bits per heavy atom. The number of rotatable bonds is 5. The van der Waals surface area contributed by atoms with Gasteiger partial charge in [0.15, 0.2) is 5.54 Å². The molecule has 2 aromatic carbocycles. The minimum absolute atomic E-state index is 0.0595. The molecule has 2 unspecified atom stereocenters. The maximum absolute atomic E-state index is 14.2. The van der Waals surface area contributed by atoms with Crippen LogP contribution in [-0.4, -0.2) is 53.4 Å². The van der Waals surface area contributed by atoms with Gasteiger partial charge in [0.2, 0.25) is 0 Å². The SMILES string of the molecule is C=CCN1C(=O)C2(/C(=C(\O)c3ccc(Cl)cc3)C(=O)C(=O)N2CC2CCCO2)c2ccccc21. The molecular formula is C26H23ClN2O5. The van der Waals surface area contributed by atoms with Gasteiger partial charge in [0.1, 0.15) is 5.76 Å². The van der Waals surface area contributed by atoms with Crippen molar-refractivity contribution in [1.29, 1.82) is 0 Å². The number of carbonyl (C=O) groups is 3. The number of hydrogen-bond acceptors (Lipinski definition) is 5. The van der Waals surface area contributed by atoms with E-state index < -0.39 is 28.9 Å². The van der Waals surface area contributed by atoms with Gasteiger partial charge >= 0.3 is 0 Å². The number of nitrogens with zero attached hydrogens (tertiary/aromatic N) is 2. The van der Waals surface area contributed by atoms with Crippen molar-refractivity contribution in [2.45, 2.75) is 24.5 Å². The molecule has 0 radical (unpaired) electrons. The average molecular weight is 479 g/mol. The van der Waals surface area contributed by atoms with Crippen LogP contribution in [0.5, 0.6) is 0 Å². The number of anilines is 1. The Kier molecular flexibility index (Phi) is 5.54. The molecule has 3 heterocycles. The topological polar surface area (TPSA) is 87.2 Å². The summed E-state index contributed by atoms with van der Waals surface area (Å²) in [6.07, 6.45) is 2.82. The van der Waals surface area contributed by atoms with Crippen LogP contribution in [0.4, 0.5) is 5.69 Å². The molecule has 0 bridgehead atoms. The summed E-state index contributed by atoms with van der Waals surface area (Å²) in [6.45, 7) is 4.55. The highest BCUT2D eigenvalue weighted by Crippen LogP contribution is 2.53. The van der Waals surface area contributed by atoms with Crippen molar-refractivity contribution < 1.29 is 24.2 Å². The zero-order valence-electron chi connectivity index (χ0n) is 18.4. The lowest BCUT2D eigenvalue weighted by molar-refractivity contribution is -0.145. The molecule has 0 aromatic heterocycles. The number of carbonyl (C=O) groups excluding carboxylic acids is 3. The molecule has 2 aromatic rings. The van der Waals surface area contributed by atoms with Crippen molar-refractivity contribution in [1.82, 2.24) is 4.90 Å². The van der Waals surface area contributed by atoms with Crippen LogP contribution in [0.3, 0.4) is 0 Å². The number of fused-ring (bicyclic) bond motifs is 2. The molecule has 8 heteroatoms. The van der Waals surface area contributed by atoms with Crippen LogP contribution in [0.15, 0.2) is 66.8 Å². The molecule has 174 valence electrons. The van der Waals surface area contributed by atoms with Crippen molar-refractivity contribution in [3.63, 3.8) is 0 Å². The monoisotopic (exact) mass is 478 g/mol. The second kappa shape index (κ2) is 8.42. The van der Waals surface area contributed by atoms with Gasteiger partial charge < -0.3 is 19.6 Å². The van der Waals surface area contributed by atoms with E-state index in [-0.39, 0.29) is 30.3 Å². The lowest BCUT2D eigenvalue weighted by Gasteiger charge is -2.35. The number of ether oxygens (including phenoxy) is 1. The highest BCUT2D eigenvalue weighted by molar-refractivity contribution is 6.50. The van der Waals surface area contributed by atoms with Crippen LogP contribution in [-0.2, 0) is 24.7 Å². The fourth-order valence-corrected chi connectivity index (χ4v) is 5.30. The lowest BCUT2D eigenvalue weighted by Crippen LogP contribution is -2.53. The number of aliphatic hydroxyl groups is 1. The van der Waals surface area contributed by atoms with E-state index in [1.54, 1.807) is 54.6 Å². The smallest absolute Gasteiger partial charge is 0.296 e. The van der Waals surface area contributed by atoms with E-state index >= 15 is 0 Å². The van der Waals surface area contributed by atoms with Gasteiger partial charge in [-0.25, -0.2) is 0 Å². The van der Waals surface area contributed by atoms with Crippen molar-refractivity contribution >= 4 is 40.6 Å². The van der Waals surface area contributed by atoms with Gasteiger partial charge in [-0.2, -0.15) is 0 Å². The molecule has 1 N–H and O–H groups in total. The Morgan fingerprint density at radius 2 is 1.91 bits per heavy atom. The second-order valence-corrected chi connectivity index (χ2v) is 8.98. The molecule has 34 heavy (non-hydrogen) atoms. The van der Waals surface area contributed by atoms with Gasteiger partial charge in [-0.05, 0) is 43.2 Å². The first-order valence-electron chi connectivity index (χ1n) is 11.1. The van der Waals surface area contributed by atoms with Crippen molar-refractivity contribution in [2.24, 2.45) is 0 Å². The molecule has 5 rings (SSSR count). The Labute approximate surface area is 201 Å². The maximum atomic E-state index is 14.2. The van der Waals surface area contributed by atoms with Crippen LogP contribution in [0.25, 0.3) is 5.76 Å². The zero-order chi connectivity index (χ0) is 24.0. The number of hydrogen-bond donors (Lipinski definition) is 1. The van der Waals surface area contributed by atoms with Crippen LogP contribution >= 0.6 is 11.6 Å². The number of halogens is 1. The van der Waals surface area contributed by atoms with E-state index in [1.165, 1.54) is 9.80 Å². The number of likely N-dealkylation sites (tertiary alicyclic amines) is 1. The van der Waals surface area contributed by atoms with Gasteiger partial charge in [0.05, 0.1) is 17.4 Å². The summed E-state index contributed by atoms with van der Waals surface area (Å²) >= 11 is 6.00. The third-order valence-electron chi connectivity index (χ3n) is 6.65. The summed E-state index contributed by atoms with van der Waals surface area (Å²) in [6, 6.07) is 13.3. The number of benzene rings is 2. The Bertz CT molecular complexity index is 1230. The van der Waals surface area contributed by atoms with E-state index in [1.807, 2.05) is 0 Å². The molecule has 2 atom stereocenters. The lowest BCUT2D eigenvalue weighted by atomic mass is 9.81. The van der Waals surface area contributed by atoms with E-state index in [4.69, 9.17) is 16.3 Å². The first-order valence-corrected chi connectivity index (χ1v) is 11.5. The molecule has 7 nitrogen and oxygen atoms in total. The van der Waals surface area contributed by atoms with Crippen LogP contribution in [0.2, 0.25) is 5.02 Å². The van der Waals surface area contributed by atoms with Gasteiger partial charge in [0, 0.05) is 35.8 Å². The summed E-state index contributed by atoms with van der Waals surface area (Å²) in [5, 5.41) is 11.8. The Morgan fingerprint density at radius 1 is 1.18 bits per heavy atom. The number of ketones is 1. The zero-order valence-corrected chi connectivity index (χ0v) is 19.1. The van der Waals surface area contributed by atoms with Crippen LogP contribution in [0, 0.1) is 0 Å². The number of Topliss-reactive ketones (excluding diaryl/α,β-unsaturated/α-hetero) is 1. The maximum Gasteiger partial charge on any atom is 0.296 e. The molecule has 0 saturated carbocycles. The summed E-state index contributed by atoms with van der Waals surface area (Å²) in [7, 11) is 0. The minimum Gasteiger partial charge on any atom is -0.507 e. The third-order valence-corrected chi connectivity index (χ3v) is 6.90. The first-order chi connectivity index (χ1) is 16.4. The predicted octanol–water partition coefficient (Wildman–Crippen LogP) is 3.63. The molecule has 2 fully saturated rings. The quantitative estimate of drug-likeness (QED) is 0.307. The van der Waals surface area contributed by atoms with Crippen molar-refractivity contribution in [3.8, 4) is 0 Å². The normalized spacial score (nSPS) is 25.4. The Hall–Kier alpha value is -3.42. The van der Waals surface area contributed by atoms with Crippen molar-refractivity contribution in [2.75, 3.05) is 24.6 Å². The van der Waals surface area contributed by atoms with Gasteiger partial charge in [-0.15, -0.1) is 6.58 Å². The second-order valence-electron chi connectivity index (χ2n) is 8.54. The highest BCUT2D eigenvalue weighted by Gasteiger charge is 2.67. The van der Waals surface area contributed by atoms with E-state index in [2.05, 4.69) is 6.58 Å². The highest BCUT2D eigenvalue weighted by atomic mass is 35.5. The molecular weight excluding hydrogens is 456 g/mol. The number of aliphatic hydroxyl groups excluding tert-OH is 1. The molecule has 2 amide bonds. The third kappa shape index (κ3) is 3.11. The van der Waals surface area contributed by atoms with Gasteiger partial charge in [0.25, 0.3) is 17.6 Å². The number of para-hydroxylation sites is 1. The predicted molar refractivity (Wildman–Crippen MR) is 127 cm³/mol. The molecule has 2 saturated heterocycles. The number of amides is 2. The van der Waals surface area contributed by atoms with E-state index in [9.17, 15) is 19.5 Å². The molecule has 3 aliphatic heterocycles. The standard InChI is InChI=1S/C26H23ClN2O5/c1-2-13-28-20-8-4-3-7-19(20)26(25(28)33)21(22(30)16-9-11-17(27)12-10-16)23(31)24(32)29(26)15-18-6-5-14-34-18/h2-4,7-12,18,30H,1,5-6,13-15H2/b22-21-. The fraction of sp³-hybridized carbons (Fsp3) is 0.269. The summed E-state index contributed by atoms with van der Waals surface area (Å²) < 4.78 is 5.75. The van der Waals surface area contributed by atoms with Gasteiger partial charge in [-0.3, -0.25) is 14.4 Å². The van der Waals surface area contributed by atoms with E-state index in [0.717, 1.165) is 6.42 Å². The summed E-state index contributed by atoms with van der Waals surface area (Å²) in [5.74, 6) is -2.65. The van der Waals surface area contributed by atoms with Crippen LogP contribution < -0.4 is 4.90 Å². The largest absolute Gasteiger partial charge is 0.507 e. The fourth-order valence-electron chi connectivity index (χ4n) is 5.17.